The lowest BCUT2D eigenvalue weighted by atomic mass is 10.2. The largest absolute Gasteiger partial charge is 0.385 e. The first-order valence-electron chi connectivity index (χ1n) is 5.09. The third-order valence-corrected chi connectivity index (χ3v) is 2.00. The second-order valence-electron chi connectivity index (χ2n) is 3.20. The molecule has 0 bridgehead atoms. The van der Waals surface area contributed by atoms with Gasteiger partial charge in [0.1, 0.15) is 0 Å². The van der Waals surface area contributed by atoms with Crippen molar-refractivity contribution < 1.29 is 9.47 Å². The Labute approximate surface area is 81.8 Å². The normalized spacial score (nSPS) is 13.2. The molecule has 0 saturated carbocycles. The van der Waals surface area contributed by atoms with E-state index >= 15 is 0 Å². The van der Waals surface area contributed by atoms with E-state index in [2.05, 4.69) is 12.2 Å². The fraction of sp³-hybridized carbons (Fsp3) is 1.00. The molecule has 0 aliphatic heterocycles. The van der Waals surface area contributed by atoms with Gasteiger partial charge in [-0.15, -0.1) is 0 Å². The number of likely N-dealkylation sites (N-methyl/N-ethyl adjacent to an activating group) is 1. The zero-order chi connectivity index (χ0) is 9.94. The Balaban J connectivity index is 3.17. The molecule has 1 N–H and O–H groups in total. The Kier molecular flexibility index (Phi) is 9.87. The van der Waals surface area contributed by atoms with Gasteiger partial charge in [0, 0.05) is 26.4 Å². The summed E-state index contributed by atoms with van der Waals surface area (Å²) in [6.07, 6.45) is 3.37. The molecule has 0 saturated heterocycles. The first kappa shape index (κ1) is 12.9. The molecule has 3 heteroatoms. The van der Waals surface area contributed by atoms with Crippen molar-refractivity contribution in [3.63, 3.8) is 0 Å². The summed E-state index contributed by atoms with van der Waals surface area (Å²) >= 11 is 0. The van der Waals surface area contributed by atoms with Crippen LogP contribution >= 0.6 is 0 Å². The molecule has 1 unspecified atom stereocenters. The number of ether oxygens (including phenoxy) is 2. The third-order valence-electron chi connectivity index (χ3n) is 2.00. The maximum absolute atomic E-state index is 5.50. The molecule has 0 spiro atoms. The minimum Gasteiger partial charge on any atom is -0.385 e. The average molecular weight is 189 g/mol. The van der Waals surface area contributed by atoms with E-state index in [0.29, 0.717) is 6.04 Å². The lowest BCUT2D eigenvalue weighted by molar-refractivity contribution is 0.0872. The van der Waals surface area contributed by atoms with E-state index in [1.165, 1.54) is 12.8 Å². The van der Waals surface area contributed by atoms with Gasteiger partial charge in [0.25, 0.3) is 0 Å². The van der Waals surface area contributed by atoms with Crippen molar-refractivity contribution in [2.24, 2.45) is 0 Å². The van der Waals surface area contributed by atoms with Gasteiger partial charge in [-0.3, -0.25) is 0 Å². The monoisotopic (exact) mass is 189 g/mol. The number of methoxy groups -OCH3 is 1. The predicted octanol–water partition coefficient (Wildman–Crippen LogP) is 1.43. The van der Waals surface area contributed by atoms with Gasteiger partial charge in [-0.2, -0.15) is 0 Å². The summed E-state index contributed by atoms with van der Waals surface area (Å²) in [6, 6.07) is 0.507. The summed E-state index contributed by atoms with van der Waals surface area (Å²) in [7, 11) is 3.70. The summed E-state index contributed by atoms with van der Waals surface area (Å²) in [4.78, 5) is 0. The maximum atomic E-state index is 5.50. The fourth-order valence-electron chi connectivity index (χ4n) is 1.19. The predicted molar refractivity (Wildman–Crippen MR) is 55.1 cm³/mol. The Bertz CT molecular complexity index is 98.9. The zero-order valence-corrected chi connectivity index (χ0v) is 9.14. The summed E-state index contributed by atoms with van der Waals surface area (Å²) < 4.78 is 10.4. The van der Waals surface area contributed by atoms with E-state index in [9.17, 15) is 0 Å². The molecular formula is C10H23NO2. The van der Waals surface area contributed by atoms with Crippen LogP contribution in [0.25, 0.3) is 0 Å². The first-order chi connectivity index (χ1) is 6.35. The van der Waals surface area contributed by atoms with Gasteiger partial charge in [-0.25, -0.2) is 0 Å². The van der Waals surface area contributed by atoms with Crippen LogP contribution in [0.5, 0.6) is 0 Å². The summed E-state index contributed by atoms with van der Waals surface area (Å²) in [5.41, 5.74) is 0. The van der Waals surface area contributed by atoms with E-state index in [4.69, 9.17) is 9.47 Å². The van der Waals surface area contributed by atoms with Crippen LogP contribution in [-0.2, 0) is 9.47 Å². The second-order valence-corrected chi connectivity index (χ2v) is 3.20. The van der Waals surface area contributed by atoms with Crippen LogP contribution in [0.2, 0.25) is 0 Å². The van der Waals surface area contributed by atoms with Crippen molar-refractivity contribution in [3.8, 4) is 0 Å². The number of hydrogen-bond acceptors (Lipinski definition) is 3. The van der Waals surface area contributed by atoms with Crippen LogP contribution in [0.3, 0.4) is 0 Å². The Hall–Kier alpha value is -0.120. The zero-order valence-electron chi connectivity index (χ0n) is 9.14. The number of nitrogens with one attached hydrogen (secondary N) is 1. The Morgan fingerprint density at radius 3 is 2.62 bits per heavy atom. The molecule has 1 atom stereocenters. The molecule has 0 aromatic heterocycles. The van der Waals surface area contributed by atoms with Gasteiger partial charge in [-0.1, -0.05) is 13.3 Å². The van der Waals surface area contributed by atoms with Crippen molar-refractivity contribution >= 4 is 0 Å². The van der Waals surface area contributed by atoms with Crippen molar-refractivity contribution in [2.75, 3.05) is 34.0 Å². The number of rotatable bonds is 9. The second kappa shape index (κ2) is 9.96. The lowest BCUT2D eigenvalue weighted by Crippen LogP contribution is -2.30. The standard InChI is InChI=1S/C10H23NO2/c1-4-6-10(11-2)9-13-8-5-7-12-3/h10-11H,4-9H2,1-3H3. The van der Waals surface area contributed by atoms with E-state index < -0.39 is 0 Å². The molecule has 0 aromatic carbocycles. The molecule has 80 valence electrons. The minimum absolute atomic E-state index is 0.507. The highest BCUT2D eigenvalue weighted by Gasteiger charge is 2.03. The lowest BCUT2D eigenvalue weighted by Gasteiger charge is -2.14. The quantitative estimate of drug-likeness (QED) is 0.557. The van der Waals surface area contributed by atoms with Gasteiger partial charge >= 0.3 is 0 Å². The van der Waals surface area contributed by atoms with Gasteiger partial charge in [0.05, 0.1) is 6.61 Å². The minimum atomic E-state index is 0.507. The molecule has 0 aliphatic carbocycles. The van der Waals surface area contributed by atoms with E-state index in [1.54, 1.807) is 7.11 Å². The maximum Gasteiger partial charge on any atom is 0.0619 e. The molecule has 0 fully saturated rings. The van der Waals surface area contributed by atoms with Crippen LogP contribution in [0.15, 0.2) is 0 Å². The van der Waals surface area contributed by atoms with E-state index in [-0.39, 0.29) is 0 Å². The highest BCUT2D eigenvalue weighted by atomic mass is 16.5. The number of hydrogen-bond donors (Lipinski definition) is 1. The topological polar surface area (TPSA) is 30.5 Å². The van der Waals surface area contributed by atoms with Crippen LogP contribution in [0, 0.1) is 0 Å². The molecule has 0 aromatic rings. The Morgan fingerprint density at radius 2 is 2.08 bits per heavy atom. The summed E-state index contributed by atoms with van der Waals surface area (Å²) in [5, 5.41) is 3.24. The van der Waals surface area contributed by atoms with Crippen molar-refractivity contribution in [1.82, 2.24) is 5.32 Å². The third kappa shape index (κ3) is 8.22. The molecule has 0 aliphatic rings. The van der Waals surface area contributed by atoms with Crippen molar-refractivity contribution in [3.05, 3.63) is 0 Å². The van der Waals surface area contributed by atoms with Crippen molar-refractivity contribution in [1.29, 1.82) is 0 Å². The van der Waals surface area contributed by atoms with Crippen LogP contribution in [0.1, 0.15) is 26.2 Å². The molecule has 3 nitrogen and oxygen atoms in total. The van der Waals surface area contributed by atoms with E-state index in [0.717, 1.165) is 26.2 Å². The fourth-order valence-corrected chi connectivity index (χ4v) is 1.19. The van der Waals surface area contributed by atoms with Gasteiger partial charge in [0.2, 0.25) is 0 Å². The molecular weight excluding hydrogens is 166 g/mol. The molecule has 13 heavy (non-hydrogen) atoms. The highest BCUT2D eigenvalue weighted by molar-refractivity contribution is 4.61. The molecule has 0 amide bonds. The van der Waals surface area contributed by atoms with Gasteiger partial charge in [-0.05, 0) is 19.9 Å². The summed E-state index contributed by atoms with van der Waals surface area (Å²) in [6.45, 7) is 4.59. The van der Waals surface area contributed by atoms with Crippen LogP contribution in [0.4, 0.5) is 0 Å². The van der Waals surface area contributed by atoms with Gasteiger partial charge in [0.15, 0.2) is 0 Å². The van der Waals surface area contributed by atoms with Crippen LogP contribution < -0.4 is 5.32 Å². The molecule has 0 heterocycles. The Morgan fingerprint density at radius 1 is 1.31 bits per heavy atom. The van der Waals surface area contributed by atoms with Crippen molar-refractivity contribution in [2.45, 2.75) is 32.2 Å². The van der Waals surface area contributed by atoms with Gasteiger partial charge < -0.3 is 14.8 Å². The van der Waals surface area contributed by atoms with Crippen LogP contribution in [-0.4, -0.2) is 40.0 Å². The SMILES string of the molecule is CCCC(COCCCOC)NC. The smallest absolute Gasteiger partial charge is 0.0619 e. The first-order valence-corrected chi connectivity index (χ1v) is 5.09. The summed E-state index contributed by atoms with van der Waals surface area (Å²) in [5.74, 6) is 0. The molecule has 0 rings (SSSR count). The average Bonchev–Trinajstić information content (AvgIpc) is 2.16. The molecule has 0 radical (unpaired) electrons. The highest BCUT2D eigenvalue weighted by Crippen LogP contribution is 1.97. The van der Waals surface area contributed by atoms with E-state index in [1.807, 2.05) is 7.05 Å².